The molecule has 2 fully saturated rings. The SMILES string of the molecule is CCCOc1ccc(NC(=O)CC2C(=O)N(c3ccc(OC)cc3)C(=S)N2CCCN2CCN(c3cccc(Cl)c3)CC2)cc1. The Bertz CT molecular complexity index is 1460. The first-order valence-corrected chi connectivity index (χ1v) is 16.2. The molecule has 0 radical (unpaired) electrons. The van der Waals surface area contributed by atoms with Gasteiger partial charge >= 0.3 is 0 Å². The molecule has 0 spiro atoms. The molecule has 9 nitrogen and oxygen atoms in total. The van der Waals surface area contributed by atoms with E-state index >= 15 is 0 Å². The Morgan fingerprint density at radius 1 is 0.956 bits per heavy atom. The normalized spacial score (nSPS) is 17.1. The monoisotopic (exact) mass is 649 g/mol. The number of methoxy groups -OCH3 is 1. The van der Waals surface area contributed by atoms with Gasteiger partial charge in [-0.1, -0.05) is 24.6 Å². The van der Waals surface area contributed by atoms with Gasteiger partial charge in [-0.2, -0.15) is 0 Å². The van der Waals surface area contributed by atoms with Gasteiger partial charge in [-0.05, 0) is 98.3 Å². The first-order chi connectivity index (χ1) is 21.9. The summed E-state index contributed by atoms with van der Waals surface area (Å²) in [4.78, 5) is 35.3. The van der Waals surface area contributed by atoms with Gasteiger partial charge in [0.1, 0.15) is 17.5 Å². The van der Waals surface area contributed by atoms with Crippen molar-refractivity contribution in [1.82, 2.24) is 9.80 Å². The number of thiocarbonyl (C=S) groups is 1. The summed E-state index contributed by atoms with van der Waals surface area (Å²) in [5, 5.41) is 4.09. The number of hydrogen-bond acceptors (Lipinski definition) is 7. The third-order valence-corrected chi connectivity index (χ3v) is 8.71. The van der Waals surface area contributed by atoms with Gasteiger partial charge in [-0.3, -0.25) is 19.4 Å². The summed E-state index contributed by atoms with van der Waals surface area (Å²) < 4.78 is 10.9. The highest BCUT2D eigenvalue weighted by Gasteiger charge is 2.44. The maximum Gasteiger partial charge on any atom is 0.256 e. The van der Waals surface area contributed by atoms with E-state index in [1.165, 1.54) is 4.90 Å². The van der Waals surface area contributed by atoms with Gasteiger partial charge in [0.25, 0.3) is 5.91 Å². The molecule has 5 rings (SSSR count). The van der Waals surface area contributed by atoms with Crippen molar-refractivity contribution in [2.45, 2.75) is 32.2 Å². The van der Waals surface area contributed by atoms with Crippen LogP contribution in [-0.4, -0.2) is 85.8 Å². The van der Waals surface area contributed by atoms with Crippen LogP contribution in [0.3, 0.4) is 0 Å². The minimum atomic E-state index is -0.702. The van der Waals surface area contributed by atoms with Crippen LogP contribution in [0.15, 0.2) is 72.8 Å². The van der Waals surface area contributed by atoms with E-state index in [9.17, 15) is 9.59 Å². The van der Waals surface area contributed by atoms with Gasteiger partial charge in [-0.25, -0.2) is 0 Å². The van der Waals surface area contributed by atoms with Gasteiger partial charge in [0, 0.05) is 49.1 Å². The molecule has 0 saturated carbocycles. The highest BCUT2D eigenvalue weighted by Crippen LogP contribution is 2.29. The van der Waals surface area contributed by atoms with E-state index in [4.69, 9.17) is 33.3 Å². The molecule has 238 valence electrons. The average molecular weight is 650 g/mol. The molecular weight excluding hydrogens is 610 g/mol. The number of nitrogens with zero attached hydrogens (tertiary/aromatic N) is 4. The highest BCUT2D eigenvalue weighted by atomic mass is 35.5. The molecule has 2 amide bonds. The van der Waals surface area contributed by atoms with Gasteiger partial charge in [0.2, 0.25) is 5.91 Å². The number of rotatable bonds is 13. The second-order valence-electron chi connectivity index (χ2n) is 11.2. The summed E-state index contributed by atoms with van der Waals surface area (Å²) in [5.41, 5.74) is 2.44. The maximum atomic E-state index is 13.8. The van der Waals surface area contributed by atoms with E-state index in [1.54, 1.807) is 31.4 Å². The van der Waals surface area contributed by atoms with Crippen molar-refractivity contribution >= 4 is 57.8 Å². The molecule has 1 atom stereocenters. The Balaban J connectivity index is 1.22. The molecule has 0 bridgehead atoms. The number of benzene rings is 3. The average Bonchev–Trinajstić information content (AvgIpc) is 3.28. The lowest BCUT2D eigenvalue weighted by molar-refractivity contribution is -0.124. The van der Waals surface area contributed by atoms with Crippen LogP contribution in [0.25, 0.3) is 0 Å². The summed E-state index contributed by atoms with van der Waals surface area (Å²) in [6, 6.07) is 21.7. The van der Waals surface area contributed by atoms with E-state index in [0.717, 1.165) is 62.0 Å². The van der Waals surface area contributed by atoms with Crippen LogP contribution in [0, 0.1) is 0 Å². The lowest BCUT2D eigenvalue weighted by Crippen LogP contribution is -2.47. The molecule has 11 heteroatoms. The number of amides is 2. The van der Waals surface area contributed by atoms with E-state index in [2.05, 4.69) is 21.2 Å². The van der Waals surface area contributed by atoms with Crippen LogP contribution < -0.4 is 24.6 Å². The summed E-state index contributed by atoms with van der Waals surface area (Å²) in [7, 11) is 1.60. The second kappa shape index (κ2) is 15.4. The molecule has 45 heavy (non-hydrogen) atoms. The van der Waals surface area contributed by atoms with Gasteiger partial charge in [-0.15, -0.1) is 0 Å². The van der Waals surface area contributed by atoms with Crippen LogP contribution in [0.2, 0.25) is 5.02 Å². The molecule has 3 aromatic rings. The number of carbonyl (C=O) groups is 2. The first-order valence-electron chi connectivity index (χ1n) is 15.4. The number of ether oxygens (including phenoxy) is 2. The third-order valence-electron chi connectivity index (χ3n) is 8.06. The summed E-state index contributed by atoms with van der Waals surface area (Å²) in [5.74, 6) is 0.972. The van der Waals surface area contributed by atoms with Crippen LogP contribution >= 0.6 is 23.8 Å². The van der Waals surface area contributed by atoms with E-state index in [0.29, 0.717) is 35.4 Å². The van der Waals surface area contributed by atoms with Crippen LogP contribution in [0.1, 0.15) is 26.2 Å². The number of piperazine rings is 1. The molecule has 2 saturated heterocycles. The lowest BCUT2D eigenvalue weighted by Gasteiger charge is -2.36. The Hall–Kier alpha value is -3.86. The second-order valence-corrected chi connectivity index (χ2v) is 12.0. The quantitative estimate of drug-likeness (QED) is 0.237. The highest BCUT2D eigenvalue weighted by molar-refractivity contribution is 7.80. The van der Waals surface area contributed by atoms with E-state index in [-0.39, 0.29) is 18.2 Å². The predicted octanol–water partition coefficient (Wildman–Crippen LogP) is 5.68. The standard InChI is InChI=1S/C34H40ClN5O4S/c1-3-22-44-30-12-8-26(9-13-30)36-32(41)24-31-33(42)40(27-10-14-29(43-2)15-11-27)34(45)39(31)17-5-16-37-18-20-38(21-19-37)28-7-4-6-25(35)23-28/h4,6-15,23,31H,3,5,16-22,24H2,1-2H3,(H,36,41). The van der Waals surface area contributed by atoms with Crippen LogP contribution in [0.4, 0.5) is 17.1 Å². The topological polar surface area (TPSA) is 77.6 Å². The molecule has 1 N–H and O–H groups in total. The number of anilines is 3. The fraction of sp³-hybridized carbons (Fsp3) is 0.382. The van der Waals surface area contributed by atoms with E-state index in [1.807, 2.05) is 54.3 Å². The maximum absolute atomic E-state index is 13.8. The third kappa shape index (κ3) is 8.25. The zero-order valence-electron chi connectivity index (χ0n) is 25.8. The Kier molecular flexibility index (Phi) is 11.2. The predicted molar refractivity (Wildman–Crippen MR) is 184 cm³/mol. The molecule has 0 aliphatic carbocycles. The minimum absolute atomic E-state index is 0.0158. The van der Waals surface area contributed by atoms with Gasteiger partial charge < -0.3 is 24.6 Å². The van der Waals surface area contributed by atoms with Crippen molar-refractivity contribution in [1.29, 1.82) is 0 Å². The van der Waals surface area contributed by atoms with Gasteiger partial charge in [0.15, 0.2) is 5.11 Å². The fourth-order valence-electron chi connectivity index (χ4n) is 5.67. The van der Waals surface area contributed by atoms with Crippen molar-refractivity contribution < 1.29 is 19.1 Å². The number of hydrogen-bond donors (Lipinski definition) is 1. The molecule has 2 heterocycles. The van der Waals surface area contributed by atoms with Gasteiger partial charge in [0.05, 0.1) is 25.8 Å². The van der Waals surface area contributed by atoms with Crippen LogP contribution in [-0.2, 0) is 9.59 Å². The summed E-state index contributed by atoms with van der Waals surface area (Å²) in [6.45, 7) is 7.81. The zero-order valence-corrected chi connectivity index (χ0v) is 27.4. The number of halogens is 1. The Morgan fingerprint density at radius 2 is 1.67 bits per heavy atom. The largest absolute Gasteiger partial charge is 0.497 e. The van der Waals surface area contributed by atoms with Crippen molar-refractivity contribution in [3.63, 3.8) is 0 Å². The number of carbonyl (C=O) groups excluding carboxylic acids is 2. The molecule has 1 unspecified atom stereocenters. The number of nitrogens with one attached hydrogen (secondary N) is 1. The molecule has 3 aromatic carbocycles. The minimum Gasteiger partial charge on any atom is -0.497 e. The van der Waals surface area contributed by atoms with E-state index < -0.39 is 6.04 Å². The molecule has 0 aromatic heterocycles. The van der Waals surface area contributed by atoms with Crippen molar-refractivity contribution in [2.75, 3.05) is 68.1 Å². The Morgan fingerprint density at radius 3 is 2.33 bits per heavy atom. The van der Waals surface area contributed by atoms with Crippen LogP contribution in [0.5, 0.6) is 11.5 Å². The van der Waals surface area contributed by atoms with Crippen molar-refractivity contribution in [3.05, 3.63) is 77.8 Å². The Labute approximate surface area is 275 Å². The summed E-state index contributed by atoms with van der Waals surface area (Å²) in [6.07, 6.45) is 1.71. The first kappa shape index (κ1) is 32.5. The smallest absolute Gasteiger partial charge is 0.256 e. The zero-order chi connectivity index (χ0) is 31.8. The van der Waals surface area contributed by atoms with Crippen molar-refractivity contribution in [3.8, 4) is 11.5 Å². The van der Waals surface area contributed by atoms with Crippen molar-refractivity contribution in [2.24, 2.45) is 0 Å². The molecular formula is C34H40ClN5O4S. The summed E-state index contributed by atoms with van der Waals surface area (Å²) >= 11 is 12.1. The fourth-order valence-corrected chi connectivity index (χ4v) is 6.26. The molecule has 2 aliphatic heterocycles. The lowest BCUT2D eigenvalue weighted by atomic mass is 10.1. The molecule has 2 aliphatic rings.